The van der Waals surface area contributed by atoms with Crippen LogP contribution in [0.25, 0.3) is 0 Å². The first-order valence-electron chi connectivity index (χ1n) is 6.63. The van der Waals surface area contributed by atoms with E-state index in [1.54, 1.807) is 18.2 Å². The van der Waals surface area contributed by atoms with Gasteiger partial charge >= 0.3 is 0 Å². The number of hydrogen-bond acceptors (Lipinski definition) is 3. The van der Waals surface area contributed by atoms with Gasteiger partial charge in [0.25, 0.3) is 0 Å². The molecule has 1 N–H and O–H groups in total. The summed E-state index contributed by atoms with van der Waals surface area (Å²) in [5.74, 6) is 1.55. The van der Waals surface area contributed by atoms with Crippen LogP contribution in [0.3, 0.4) is 0 Å². The van der Waals surface area contributed by atoms with Crippen LogP contribution in [0.2, 0.25) is 5.02 Å². The molecule has 0 aromatic heterocycles. The molecule has 0 bridgehead atoms. The molecule has 0 saturated heterocycles. The minimum atomic E-state index is -0.108. The lowest BCUT2D eigenvalue weighted by Crippen LogP contribution is -2.01. The molecule has 0 fully saturated rings. The van der Waals surface area contributed by atoms with Crippen molar-refractivity contribution in [2.45, 2.75) is 19.6 Å². The lowest BCUT2D eigenvalue weighted by molar-refractivity contribution is 0.256. The standard InChI is InChI=1S/C16H14BrClO3/c17-13-5-10-3-4-20-16(10)12(6-13)9-21-15-2-1-14(18)7-11(15)8-19/h1-2,5-7,19H,3-4,8-9H2. The van der Waals surface area contributed by atoms with Crippen molar-refractivity contribution in [1.29, 1.82) is 0 Å². The molecule has 0 unspecified atom stereocenters. The maximum Gasteiger partial charge on any atom is 0.129 e. The molecule has 0 aliphatic carbocycles. The molecule has 3 rings (SSSR count). The van der Waals surface area contributed by atoms with Crippen LogP contribution in [0.15, 0.2) is 34.8 Å². The van der Waals surface area contributed by atoms with Gasteiger partial charge in [-0.2, -0.15) is 0 Å². The summed E-state index contributed by atoms with van der Waals surface area (Å²) in [6, 6.07) is 9.30. The van der Waals surface area contributed by atoms with Crippen molar-refractivity contribution in [3.05, 3.63) is 56.5 Å². The summed E-state index contributed by atoms with van der Waals surface area (Å²) in [4.78, 5) is 0. The quantitative estimate of drug-likeness (QED) is 0.881. The van der Waals surface area contributed by atoms with E-state index in [-0.39, 0.29) is 6.61 Å². The van der Waals surface area contributed by atoms with E-state index in [2.05, 4.69) is 22.0 Å². The summed E-state index contributed by atoms with van der Waals surface area (Å²) in [6.07, 6.45) is 0.921. The van der Waals surface area contributed by atoms with Crippen LogP contribution in [0.4, 0.5) is 0 Å². The average molecular weight is 370 g/mol. The van der Waals surface area contributed by atoms with E-state index in [0.717, 1.165) is 22.2 Å². The minimum Gasteiger partial charge on any atom is -0.493 e. The molecule has 1 aliphatic heterocycles. The van der Waals surface area contributed by atoms with Crippen LogP contribution in [0.5, 0.6) is 11.5 Å². The van der Waals surface area contributed by atoms with Gasteiger partial charge in [0.15, 0.2) is 0 Å². The van der Waals surface area contributed by atoms with E-state index >= 15 is 0 Å². The number of hydrogen-bond donors (Lipinski definition) is 1. The zero-order valence-electron chi connectivity index (χ0n) is 11.2. The normalized spacial score (nSPS) is 12.9. The van der Waals surface area contributed by atoms with Crippen molar-refractivity contribution in [3.8, 4) is 11.5 Å². The molecule has 0 saturated carbocycles. The predicted octanol–water partition coefficient (Wildman–Crippen LogP) is 4.11. The summed E-state index contributed by atoms with van der Waals surface area (Å²) < 4.78 is 12.5. The second kappa shape index (κ2) is 6.26. The smallest absolute Gasteiger partial charge is 0.129 e. The number of rotatable bonds is 4. The Balaban J connectivity index is 1.83. The van der Waals surface area contributed by atoms with Crippen LogP contribution in [0, 0.1) is 0 Å². The van der Waals surface area contributed by atoms with Gasteiger partial charge in [-0.15, -0.1) is 0 Å². The lowest BCUT2D eigenvalue weighted by atomic mass is 10.1. The maximum absolute atomic E-state index is 9.37. The molecule has 3 nitrogen and oxygen atoms in total. The van der Waals surface area contributed by atoms with Crippen LogP contribution in [0.1, 0.15) is 16.7 Å². The van der Waals surface area contributed by atoms with Crippen molar-refractivity contribution >= 4 is 27.5 Å². The average Bonchev–Trinajstić information content (AvgIpc) is 2.93. The highest BCUT2D eigenvalue weighted by Gasteiger charge is 2.18. The van der Waals surface area contributed by atoms with Gasteiger partial charge in [0.1, 0.15) is 18.1 Å². The Labute approximate surface area is 136 Å². The van der Waals surface area contributed by atoms with E-state index in [0.29, 0.717) is 29.5 Å². The Hall–Kier alpha value is -1.23. The first-order valence-corrected chi connectivity index (χ1v) is 7.80. The lowest BCUT2D eigenvalue weighted by Gasteiger charge is -2.13. The Morgan fingerprint density at radius 2 is 2.10 bits per heavy atom. The Morgan fingerprint density at radius 3 is 2.90 bits per heavy atom. The highest BCUT2D eigenvalue weighted by atomic mass is 79.9. The van der Waals surface area contributed by atoms with Crippen LogP contribution in [-0.2, 0) is 19.6 Å². The Kier molecular flexibility index (Phi) is 4.38. The number of ether oxygens (including phenoxy) is 2. The Morgan fingerprint density at radius 1 is 1.24 bits per heavy atom. The summed E-state index contributed by atoms with van der Waals surface area (Å²) in [5.41, 5.74) is 2.87. The molecule has 21 heavy (non-hydrogen) atoms. The maximum atomic E-state index is 9.37. The molecule has 2 aromatic rings. The molecule has 0 atom stereocenters. The third-order valence-electron chi connectivity index (χ3n) is 3.40. The fourth-order valence-electron chi connectivity index (χ4n) is 2.42. The fourth-order valence-corrected chi connectivity index (χ4v) is 3.17. The van der Waals surface area contributed by atoms with Crippen molar-refractivity contribution in [2.75, 3.05) is 6.61 Å². The van der Waals surface area contributed by atoms with E-state index < -0.39 is 0 Å². The molecule has 1 aliphatic rings. The van der Waals surface area contributed by atoms with Crippen LogP contribution >= 0.6 is 27.5 Å². The fraction of sp³-hybridized carbons (Fsp3) is 0.250. The zero-order chi connectivity index (χ0) is 14.8. The topological polar surface area (TPSA) is 38.7 Å². The molecule has 110 valence electrons. The number of aliphatic hydroxyl groups is 1. The second-order valence-electron chi connectivity index (χ2n) is 4.85. The molecular weight excluding hydrogens is 356 g/mol. The first kappa shape index (κ1) is 14.7. The second-order valence-corrected chi connectivity index (χ2v) is 6.20. The predicted molar refractivity (Wildman–Crippen MR) is 85.0 cm³/mol. The summed E-state index contributed by atoms with van der Waals surface area (Å²) in [6.45, 7) is 0.987. The van der Waals surface area contributed by atoms with Gasteiger partial charge in [-0.3, -0.25) is 0 Å². The van der Waals surface area contributed by atoms with Gasteiger partial charge in [0.2, 0.25) is 0 Å². The third-order valence-corrected chi connectivity index (χ3v) is 4.09. The highest BCUT2D eigenvalue weighted by molar-refractivity contribution is 9.10. The first-order chi connectivity index (χ1) is 10.2. The molecule has 0 radical (unpaired) electrons. The summed E-state index contributed by atoms with van der Waals surface area (Å²) in [7, 11) is 0. The van der Waals surface area contributed by atoms with Gasteiger partial charge < -0.3 is 14.6 Å². The van der Waals surface area contributed by atoms with E-state index in [4.69, 9.17) is 21.1 Å². The van der Waals surface area contributed by atoms with Gasteiger partial charge in [0, 0.05) is 27.0 Å². The highest BCUT2D eigenvalue weighted by Crippen LogP contribution is 2.34. The molecular formula is C16H14BrClO3. The monoisotopic (exact) mass is 368 g/mol. The largest absolute Gasteiger partial charge is 0.493 e. The molecule has 0 spiro atoms. The van der Waals surface area contributed by atoms with Crippen molar-refractivity contribution in [1.82, 2.24) is 0 Å². The van der Waals surface area contributed by atoms with E-state index in [9.17, 15) is 5.11 Å². The van der Waals surface area contributed by atoms with Crippen molar-refractivity contribution in [3.63, 3.8) is 0 Å². The molecule has 5 heteroatoms. The van der Waals surface area contributed by atoms with Gasteiger partial charge in [-0.1, -0.05) is 27.5 Å². The Bertz CT molecular complexity index is 673. The minimum absolute atomic E-state index is 0.108. The SMILES string of the molecule is OCc1cc(Cl)ccc1OCc1cc(Br)cc2c1OCC2. The van der Waals surface area contributed by atoms with Crippen molar-refractivity contribution < 1.29 is 14.6 Å². The molecule has 0 amide bonds. The number of halogens is 2. The molecule has 2 aromatic carbocycles. The van der Waals surface area contributed by atoms with Crippen LogP contribution < -0.4 is 9.47 Å². The number of benzene rings is 2. The summed E-state index contributed by atoms with van der Waals surface area (Å²) >= 11 is 9.43. The van der Waals surface area contributed by atoms with Gasteiger partial charge in [0.05, 0.1) is 13.2 Å². The third kappa shape index (κ3) is 3.18. The van der Waals surface area contributed by atoms with Crippen LogP contribution in [-0.4, -0.2) is 11.7 Å². The van der Waals surface area contributed by atoms with Gasteiger partial charge in [-0.25, -0.2) is 0 Å². The zero-order valence-corrected chi connectivity index (χ0v) is 13.6. The number of aliphatic hydroxyl groups excluding tert-OH is 1. The van der Waals surface area contributed by atoms with E-state index in [1.807, 2.05) is 6.07 Å². The van der Waals surface area contributed by atoms with Gasteiger partial charge in [-0.05, 0) is 35.9 Å². The van der Waals surface area contributed by atoms with Crippen molar-refractivity contribution in [2.24, 2.45) is 0 Å². The summed E-state index contributed by atoms with van der Waals surface area (Å²) in [5, 5.41) is 9.95. The molecule has 1 heterocycles. The number of fused-ring (bicyclic) bond motifs is 1. The van der Waals surface area contributed by atoms with E-state index in [1.165, 1.54) is 5.56 Å².